The molecular weight excluding hydrogens is 422 g/mol. The topological polar surface area (TPSA) is 0 Å². The molecule has 4 aliphatic carbocycles. The van der Waals surface area contributed by atoms with Crippen LogP contribution in [0.15, 0.2) is 89.3 Å². The van der Waals surface area contributed by atoms with E-state index in [4.69, 9.17) is 0 Å². The molecule has 2 atom stereocenters. The average Bonchev–Trinajstić information content (AvgIpc) is 3.35. The van der Waals surface area contributed by atoms with Crippen molar-refractivity contribution in [2.75, 3.05) is 6.66 Å². The lowest BCUT2D eigenvalue weighted by Gasteiger charge is -2.40. The Hall–Kier alpha value is -1.22. The van der Waals surface area contributed by atoms with Crippen LogP contribution in [0.2, 0.25) is 0 Å². The molecule has 2 fully saturated rings. The van der Waals surface area contributed by atoms with Crippen molar-refractivity contribution in [1.29, 1.82) is 0 Å². The first-order valence-electron chi connectivity index (χ1n) is 12.9. The molecule has 0 radical (unpaired) electrons. The minimum absolute atomic E-state index is 0.0649. The van der Waals surface area contributed by atoms with Gasteiger partial charge in [-0.2, -0.15) is 0 Å². The van der Waals surface area contributed by atoms with E-state index in [1.54, 1.807) is 16.5 Å². The van der Waals surface area contributed by atoms with Gasteiger partial charge < -0.3 is 0 Å². The van der Waals surface area contributed by atoms with Crippen molar-refractivity contribution >= 4 is 21.1 Å². The van der Waals surface area contributed by atoms with E-state index in [1.807, 2.05) is 0 Å². The lowest BCUT2D eigenvalue weighted by Crippen LogP contribution is -2.22. The maximum atomic E-state index is 2.54. The van der Waals surface area contributed by atoms with Crippen molar-refractivity contribution < 1.29 is 0 Å². The molecule has 0 N–H and O–H groups in total. The smallest absolute Gasteiger partial charge is 0.0268 e. The van der Waals surface area contributed by atoms with Gasteiger partial charge in [-0.1, -0.05) is 127 Å². The van der Waals surface area contributed by atoms with Crippen LogP contribution in [0.1, 0.15) is 64.2 Å². The Morgan fingerprint density at radius 2 is 1.38 bits per heavy atom. The van der Waals surface area contributed by atoms with Gasteiger partial charge in [0.1, 0.15) is 0 Å². The van der Waals surface area contributed by atoms with Crippen LogP contribution in [0, 0.1) is 0 Å². The highest BCUT2D eigenvalue weighted by molar-refractivity contribution is 7.66. The van der Waals surface area contributed by atoms with Crippen molar-refractivity contribution in [3.63, 3.8) is 0 Å². The van der Waals surface area contributed by atoms with Gasteiger partial charge in [0, 0.05) is 5.66 Å². The summed E-state index contributed by atoms with van der Waals surface area (Å²) < 4.78 is 0. The SMILES string of the molecule is CP(c1ccccc1)C1C=CC=CC1=C1C=CC=C1P(C1CCCCC1)C1CCCCC1. The molecule has 0 amide bonds. The van der Waals surface area contributed by atoms with Crippen molar-refractivity contribution in [3.05, 3.63) is 89.3 Å². The zero-order valence-corrected chi connectivity index (χ0v) is 21.4. The first-order valence-corrected chi connectivity index (χ1v) is 16.2. The number of rotatable bonds is 5. The summed E-state index contributed by atoms with van der Waals surface area (Å²) in [6.07, 6.45) is 31.5. The summed E-state index contributed by atoms with van der Waals surface area (Å²) >= 11 is 0. The Morgan fingerprint density at radius 1 is 0.719 bits per heavy atom. The number of hydrogen-bond acceptors (Lipinski definition) is 0. The standard InChI is InChI=1S/C30H38P2/c1-31(24-14-5-2-6-15-24)29-22-12-11-20-27(29)28-21-13-23-30(28)32(25-16-7-3-8-17-25)26-18-9-4-10-19-26/h2,5-6,11-15,20-23,25-26,29H,3-4,7-10,16-19H2,1H3. The van der Waals surface area contributed by atoms with E-state index in [9.17, 15) is 0 Å². The Kier molecular flexibility index (Phi) is 7.62. The molecule has 0 saturated heterocycles. The molecule has 0 nitrogen and oxygen atoms in total. The summed E-state index contributed by atoms with van der Waals surface area (Å²) in [6.45, 7) is 2.48. The fourth-order valence-corrected chi connectivity index (χ4v) is 12.2. The van der Waals surface area contributed by atoms with E-state index in [-0.39, 0.29) is 15.8 Å². The molecule has 0 bridgehead atoms. The summed E-state index contributed by atoms with van der Waals surface area (Å²) in [5.74, 6) is 0. The first-order chi connectivity index (χ1) is 15.8. The van der Waals surface area contributed by atoms with Crippen molar-refractivity contribution in [3.8, 4) is 0 Å². The van der Waals surface area contributed by atoms with Crippen molar-refractivity contribution in [2.45, 2.75) is 81.2 Å². The van der Waals surface area contributed by atoms with Gasteiger partial charge in [0.15, 0.2) is 0 Å². The van der Waals surface area contributed by atoms with E-state index < -0.39 is 0 Å². The summed E-state index contributed by atoms with van der Waals surface area (Å²) in [5.41, 5.74) is 5.63. The van der Waals surface area contributed by atoms with Crippen molar-refractivity contribution in [2.24, 2.45) is 0 Å². The maximum Gasteiger partial charge on any atom is 0.0268 e. The fraction of sp³-hybridized carbons (Fsp3) is 0.467. The molecule has 0 spiro atoms. The lowest BCUT2D eigenvalue weighted by atomic mass is 9.99. The van der Waals surface area contributed by atoms with Crippen LogP contribution in [-0.2, 0) is 0 Å². The summed E-state index contributed by atoms with van der Waals surface area (Å²) in [7, 11) is -0.331. The molecule has 2 saturated carbocycles. The Bertz CT molecular complexity index is 903. The third-order valence-corrected chi connectivity index (χ3v) is 13.8. The third-order valence-electron chi connectivity index (χ3n) is 7.90. The molecule has 1 aromatic rings. The monoisotopic (exact) mass is 460 g/mol. The minimum Gasteiger partial charge on any atom is -0.0724 e. The molecule has 32 heavy (non-hydrogen) atoms. The second-order valence-corrected chi connectivity index (χ2v) is 15.0. The summed E-state index contributed by atoms with van der Waals surface area (Å²) in [6, 6.07) is 11.2. The molecule has 4 aliphatic rings. The number of hydrogen-bond donors (Lipinski definition) is 0. The Balaban J connectivity index is 1.50. The minimum atomic E-state index is -0.266. The molecule has 0 aliphatic heterocycles. The summed E-state index contributed by atoms with van der Waals surface area (Å²) in [5, 5.41) is 3.27. The maximum absolute atomic E-state index is 2.54. The molecule has 0 heterocycles. The second kappa shape index (κ2) is 10.8. The first kappa shape index (κ1) is 22.6. The van der Waals surface area contributed by atoms with Gasteiger partial charge in [-0.25, -0.2) is 0 Å². The van der Waals surface area contributed by atoms with Gasteiger partial charge in [-0.05, 0) is 65.4 Å². The van der Waals surface area contributed by atoms with Gasteiger partial charge in [0.2, 0.25) is 0 Å². The average molecular weight is 461 g/mol. The zero-order valence-electron chi connectivity index (χ0n) is 19.6. The molecule has 0 aromatic heterocycles. The summed E-state index contributed by atoms with van der Waals surface area (Å²) in [4.78, 5) is 0. The highest BCUT2D eigenvalue weighted by atomic mass is 31.1. The molecule has 1 aromatic carbocycles. The Labute approximate surface area is 198 Å². The zero-order chi connectivity index (χ0) is 21.8. The molecule has 2 unspecified atom stereocenters. The highest BCUT2D eigenvalue weighted by Crippen LogP contribution is 2.64. The van der Waals surface area contributed by atoms with Crippen LogP contribution in [-0.4, -0.2) is 23.6 Å². The number of benzene rings is 1. The second-order valence-electron chi connectivity index (χ2n) is 9.91. The Morgan fingerprint density at radius 3 is 2.03 bits per heavy atom. The van der Waals surface area contributed by atoms with Crippen LogP contribution in [0.3, 0.4) is 0 Å². The number of allylic oxidation sites excluding steroid dienone is 10. The van der Waals surface area contributed by atoms with Gasteiger partial charge in [-0.3, -0.25) is 0 Å². The van der Waals surface area contributed by atoms with E-state index in [1.165, 1.54) is 69.5 Å². The van der Waals surface area contributed by atoms with Gasteiger partial charge in [0.25, 0.3) is 0 Å². The third kappa shape index (κ3) is 4.83. The van der Waals surface area contributed by atoms with E-state index in [2.05, 4.69) is 79.5 Å². The van der Waals surface area contributed by atoms with Crippen LogP contribution >= 0.6 is 15.8 Å². The van der Waals surface area contributed by atoms with Gasteiger partial charge >= 0.3 is 0 Å². The lowest BCUT2D eigenvalue weighted by molar-refractivity contribution is 0.486. The quantitative estimate of drug-likeness (QED) is 0.385. The van der Waals surface area contributed by atoms with Gasteiger partial charge in [0.05, 0.1) is 0 Å². The van der Waals surface area contributed by atoms with Crippen LogP contribution in [0.4, 0.5) is 0 Å². The van der Waals surface area contributed by atoms with Crippen LogP contribution in [0.25, 0.3) is 0 Å². The largest absolute Gasteiger partial charge is 0.0724 e. The van der Waals surface area contributed by atoms with E-state index in [0.717, 1.165) is 11.3 Å². The predicted octanol–water partition coefficient (Wildman–Crippen LogP) is 8.82. The molecular formula is C30H38P2. The van der Waals surface area contributed by atoms with E-state index >= 15 is 0 Å². The van der Waals surface area contributed by atoms with Crippen LogP contribution in [0.5, 0.6) is 0 Å². The highest BCUT2D eigenvalue weighted by Gasteiger charge is 2.36. The molecule has 168 valence electrons. The van der Waals surface area contributed by atoms with Crippen LogP contribution < -0.4 is 5.30 Å². The van der Waals surface area contributed by atoms with Crippen molar-refractivity contribution in [1.82, 2.24) is 0 Å². The fourth-order valence-electron chi connectivity index (χ4n) is 6.23. The molecule has 2 heteroatoms. The normalized spacial score (nSPS) is 27.8. The predicted molar refractivity (Wildman–Crippen MR) is 146 cm³/mol. The van der Waals surface area contributed by atoms with Gasteiger partial charge in [-0.15, -0.1) is 0 Å². The van der Waals surface area contributed by atoms with E-state index in [0.29, 0.717) is 5.66 Å². The molecule has 5 rings (SSSR count).